The second-order valence-corrected chi connectivity index (χ2v) is 7.82. The first-order valence-corrected chi connectivity index (χ1v) is 10.5. The number of aryl methyl sites for hydroxylation is 1. The van der Waals surface area contributed by atoms with Crippen LogP contribution in [-0.2, 0) is 0 Å². The molecule has 0 unspecified atom stereocenters. The Morgan fingerprint density at radius 1 is 0.645 bits per heavy atom. The zero-order valence-electron chi connectivity index (χ0n) is 17.2. The minimum absolute atomic E-state index is 0.947. The van der Waals surface area contributed by atoms with Crippen molar-refractivity contribution in [1.82, 2.24) is 14.1 Å². The van der Waals surface area contributed by atoms with Crippen LogP contribution in [0.1, 0.15) is 5.56 Å². The molecule has 0 saturated heterocycles. The summed E-state index contributed by atoms with van der Waals surface area (Å²) in [7, 11) is 0. The third kappa shape index (κ3) is 2.78. The molecule has 0 fully saturated rings. The lowest BCUT2D eigenvalue weighted by molar-refractivity contribution is 1.05. The van der Waals surface area contributed by atoms with Crippen molar-refractivity contribution < 1.29 is 0 Å². The molecule has 6 aromatic rings. The molecule has 4 aromatic carbocycles. The number of imidazole rings is 1. The quantitative estimate of drug-likeness (QED) is 0.316. The second kappa shape index (κ2) is 6.99. The van der Waals surface area contributed by atoms with Crippen LogP contribution in [0.15, 0.2) is 109 Å². The molecular formula is C28H21N3. The van der Waals surface area contributed by atoms with Gasteiger partial charge in [0.05, 0.1) is 11.0 Å². The van der Waals surface area contributed by atoms with Crippen molar-refractivity contribution in [2.45, 2.75) is 6.92 Å². The van der Waals surface area contributed by atoms with E-state index in [1.54, 1.807) is 0 Å². The highest BCUT2D eigenvalue weighted by molar-refractivity contribution is 6.09. The van der Waals surface area contributed by atoms with Gasteiger partial charge in [0, 0.05) is 40.1 Å². The minimum atomic E-state index is 0.947. The Hall–Kier alpha value is -4.11. The van der Waals surface area contributed by atoms with Gasteiger partial charge in [-0.25, -0.2) is 4.98 Å². The van der Waals surface area contributed by atoms with Gasteiger partial charge in [-0.2, -0.15) is 0 Å². The first-order valence-electron chi connectivity index (χ1n) is 10.5. The zero-order valence-corrected chi connectivity index (χ0v) is 17.2. The van der Waals surface area contributed by atoms with Crippen LogP contribution in [0.3, 0.4) is 0 Å². The molecule has 2 heterocycles. The normalized spacial score (nSPS) is 11.4. The smallest absolute Gasteiger partial charge is 0.144 e. The first-order chi connectivity index (χ1) is 15.3. The van der Waals surface area contributed by atoms with E-state index >= 15 is 0 Å². The Kier molecular flexibility index (Phi) is 4.00. The van der Waals surface area contributed by atoms with E-state index in [4.69, 9.17) is 0 Å². The fourth-order valence-electron chi connectivity index (χ4n) is 4.51. The van der Waals surface area contributed by atoms with Crippen LogP contribution in [0.25, 0.3) is 44.6 Å². The van der Waals surface area contributed by atoms with Crippen molar-refractivity contribution >= 4 is 21.8 Å². The van der Waals surface area contributed by atoms with Crippen molar-refractivity contribution in [3.63, 3.8) is 0 Å². The van der Waals surface area contributed by atoms with Crippen molar-refractivity contribution in [3.8, 4) is 22.8 Å². The Labute approximate surface area is 180 Å². The fraction of sp³-hybridized carbons (Fsp3) is 0.0357. The SMILES string of the molecule is Cc1ccccc1-n1ccnc1-c1ccc(-n2c3ccccc3c3ccccc32)cc1. The molecular weight excluding hydrogens is 378 g/mol. The third-order valence-corrected chi connectivity index (χ3v) is 5.98. The van der Waals surface area contributed by atoms with E-state index < -0.39 is 0 Å². The number of fused-ring (bicyclic) bond motifs is 3. The Balaban J connectivity index is 1.49. The molecule has 0 radical (unpaired) electrons. The van der Waals surface area contributed by atoms with Crippen LogP contribution >= 0.6 is 0 Å². The summed E-state index contributed by atoms with van der Waals surface area (Å²) in [5.41, 5.74) is 7.06. The van der Waals surface area contributed by atoms with Gasteiger partial charge in [0.15, 0.2) is 0 Å². The molecule has 2 aromatic heterocycles. The van der Waals surface area contributed by atoms with Crippen LogP contribution in [0.2, 0.25) is 0 Å². The van der Waals surface area contributed by atoms with E-state index in [9.17, 15) is 0 Å². The average Bonchev–Trinajstić information content (AvgIpc) is 3.43. The lowest BCUT2D eigenvalue weighted by Gasteiger charge is -2.12. The van der Waals surface area contributed by atoms with Gasteiger partial charge in [-0.1, -0.05) is 54.6 Å². The van der Waals surface area contributed by atoms with Gasteiger partial charge >= 0.3 is 0 Å². The summed E-state index contributed by atoms with van der Waals surface area (Å²) in [6, 6.07) is 34.3. The molecule has 0 aliphatic carbocycles. The number of benzene rings is 4. The van der Waals surface area contributed by atoms with E-state index in [2.05, 4.69) is 118 Å². The maximum atomic E-state index is 4.65. The molecule has 0 aliphatic rings. The lowest BCUT2D eigenvalue weighted by Crippen LogP contribution is -1.99. The number of hydrogen-bond donors (Lipinski definition) is 0. The van der Waals surface area contributed by atoms with Gasteiger partial charge in [0.25, 0.3) is 0 Å². The summed E-state index contributed by atoms with van der Waals surface area (Å²) in [5.74, 6) is 0.947. The van der Waals surface area contributed by atoms with E-state index in [1.807, 2.05) is 12.4 Å². The van der Waals surface area contributed by atoms with Gasteiger partial charge < -0.3 is 4.57 Å². The number of aromatic nitrogens is 3. The van der Waals surface area contributed by atoms with E-state index in [0.717, 1.165) is 22.8 Å². The summed E-state index contributed by atoms with van der Waals surface area (Å²) in [6.07, 6.45) is 3.89. The highest BCUT2D eigenvalue weighted by Crippen LogP contribution is 2.32. The van der Waals surface area contributed by atoms with Crippen molar-refractivity contribution in [2.75, 3.05) is 0 Å². The highest BCUT2D eigenvalue weighted by Gasteiger charge is 2.13. The lowest BCUT2D eigenvalue weighted by atomic mass is 10.1. The molecule has 0 atom stereocenters. The molecule has 0 spiro atoms. The van der Waals surface area contributed by atoms with Crippen LogP contribution in [0.5, 0.6) is 0 Å². The number of hydrogen-bond acceptors (Lipinski definition) is 1. The zero-order chi connectivity index (χ0) is 20.8. The molecule has 3 heteroatoms. The maximum Gasteiger partial charge on any atom is 0.144 e. The fourth-order valence-corrected chi connectivity index (χ4v) is 4.51. The second-order valence-electron chi connectivity index (χ2n) is 7.82. The predicted octanol–water partition coefficient (Wildman–Crippen LogP) is 6.94. The van der Waals surface area contributed by atoms with Crippen molar-refractivity contribution in [3.05, 3.63) is 115 Å². The van der Waals surface area contributed by atoms with Gasteiger partial charge in [-0.3, -0.25) is 4.57 Å². The molecule has 0 aliphatic heterocycles. The summed E-state index contributed by atoms with van der Waals surface area (Å²) < 4.78 is 4.49. The maximum absolute atomic E-state index is 4.65. The third-order valence-electron chi connectivity index (χ3n) is 5.98. The standard InChI is InChI=1S/C28H21N3/c1-20-8-2-5-11-25(20)30-19-18-29-28(30)21-14-16-22(17-15-21)31-26-12-6-3-9-23(26)24-10-4-7-13-27(24)31/h2-19H,1H3. The minimum Gasteiger partial charge on any atom is -0.309 e. The molecule has 0 amide bonds. The number of rotatable bonds is 3. The molecule has 0 N–H and O–H groups in total. The Morgan fingerprint density at radius 2 is 1.26 bits per heavy atom. The summed E-state index contributed by atoms with van der Waals surface area (Å²) in [6.45, 7) is 2.13. The largest absolute Gasteiger partial charge is 0.309 e. The number of nitrogens with zero attached hydrogens (tertiary/aromatic N) is 3. The molecule has 3 nitrogen and oxygen atoms in total. The average molecular weight is 399 g/mol. The molecule has 31 heavy (non-hydrogen) atoms. The van der Waals surface area contributed by atoms with Crippen LogP contribution < -0.4 is 0 Å². The monoisotopic (exact) mass is 399 g/mol. The number of para-hydroxylation sites is 3. The van der Waals surface area contributed by atoms with Crippen LogP contribution in [0.4, 0.5) is 0 Å². The van der Waals surface area contributed by atoms with Gasteiger partial charge in [-0.05, 0) is 55.0 Å². The predicted molar refractivity (Wildman–Crippen MR) is 128 cm³/mol. The van der Waals surface area contributed by atoms with Crippen LogP contribution in [-0.4, -0.2) is 14.1 Å². The van der Waals surface area contributed by atoms with Gasteiger partial charge in [0.1, 0.15) is 5.82 Å². The van der Waals surface area contributed by atoms with E-state index in [1.165, 1.54) is 27.4 Å². The Bertz CT molecular complexity index is 1480. The molecule has 6 rings (SSSR count). The van der Waals surface area contributed by atoms with Gasteiger partial charge in [0.2, 0.25) is 0 Å². The van der Waals surface area contributed by atoms with E-state index in [-0.39, 0.29) is 0 Å². The molecule has 148 valence electrons. The first kappa shape index (κ1) is 17.7. The van der Waals surface area contributed by atoms with Crippen molar-refractivity contribution in [2.24, 2.45) is 0 Å². The van der Waals surface area contributed by atoms with Crippen molar-refractivity contribution in [1.29, 1.82) is 0 Å². The van der Waals surface area contributed by atoms with Crippen LogP contribution in [0, 0.1) is 6.92 Å². The molecule has 0 bridgehead atoms. The summed E-state index contributed by atoms with van der Waals surface area (Å²) in [4.78, 5) is 4.65. The molecule has 0 saturated carbocycles. The van der Waals surface area contributed by atoms with Gasteiger partial charge in [-0.15, -0.1) is 0 Å². The van der Waals surface area contributed by atoms with E-state index in [0.29, 0.717) is 0 Å². The topological polar surface area (TPSA) is 22.8 Å². The summed E-state index contributed by atoms with van der Waals surface area (Å²) in [5, 5.41) is 2.55. The summed E-state index contributed by atoms with van der Waals surface area (Å²) >= 11 is 0. The highest BCUT2D eigenvalue weighted by atomic mass is 15.1. The Morgan fingerprint density at radius 3 is 1.94 bits per heavy atom.